The molecule has 0 saturated heterocycles. The minimum absolute atomic E-state index is 0.0716. The Hall–Kier alpha value is -1.75. The molecule has 5 nitrogen and oxygen atoms in total. The zero-order valence-corrected chi connectivity index (χ0v) is 11.4. The van der Waals surface area contributed by atoms with E-state index in [9.17, 15) is 0 Å². The van der Waals surface area contributed by atoms with Crippen LogP contribution in [-0.4, -0.2) is 32.3 Å². The second-order valence-electron chi connectivity index (χ2n) is 4.64. The van der Waals surface area contributed by atoms with E-state index in [-0.39, 0.29) is 12.1 Å². The molecule has 1 heterocycles. The summed E-state index contributed by atoms with van der Waals surface area (Å²) in [6.45, 7) is 3.21. The molecule has 0 bridgehead atoms. The lowest BCUT2D eigenvalue weighted by Crippen LogP contribution is -2.37. The smallest absolute Gasteiger partial charge is 0.189 e. The van der Waals surface area contributed by atoms with Crippen molar-refractivity contribution in [3.63, 3.8) is 0 Å². The lowest BCUT2D eigenvalue weighted by molar-refractivity contribution is 0.125. The van der Waals surface area contributed by atoms with Gasteiger partial charge in [0, 0.05) is 19.1 Å². The highest BCUT2D eigenvalue weighted by molar-refractivity contribution is 5.78. The number of nitrogens with zero attached hydrogens (tertiary/aromatic N) is 1. The molecule has 0 fully saturated rings. The standard InChI is InChI=1S/C14H21N3O2/c1-10(18-2)9-16-14(15)17-12-7-8-19-13-6-4-3-5-11(12)13/h3-6,10,12H,7-9H2,1-2H3,(H3,15,16,17). The van der Waals surface area contributed by atoms with Crippen LogP contribution in [0.4, 0.5) is 0 Å². The molecular weight excluding hydrogens is 242 g/mol. The first-order valence-electron chi connectivity index (χ1n) is 6.51. The predicted octanol–water partition coefficient (Wildman–Crippen LogP) is 1.45. The van der Waals surface area contributed by atoms with Gasteiger partial charge in [-0.25, -0.2) is 0 Å². The molecule has 2 atom stereocenters. The third kappa shape index (κ3) is 3.61. The average Bonchev–Trinajstić information content (AvgIpc) is 2.45. The number of fused-ring (bicyclic) bond motifs is 1. The minimum atomic E-state index is 0.0716. The van der Waals surface area contributed by atoms with Crippen molar-refractivity contribution in [3.8, 4) is 5.75 Å². The molecule has 2 rings (SSSR count). The summed E-state index contributed by atoms with van der Waals surface area (Å²) < 4.78 is 10.7. The summed E-state index contributed by atoms with van der Waals surface area (Å²) in [5.41, 5.74) is 7.04. The number of hydrogen-bond acceptors (Lipinski definition) is 3. The van der Waals surface area contributed by atoms with Crippen LogP contribution >= 0.6 is 0 Å². The summed E-state index contributed by atoms with van der Waals surface area (Å²) in [4.78, 5) is 4.28. The monoisotopic (exact) mass is 263 g/mol. The van der Waals surface area contributed by atoms with Crippen LogP contribution in [0.5, 0.6) is 5.75 Å². The molecule has 104 valence electrons. The van der Waals surface area contributed by atoms with Crippen molar-refractivity contribution in [3.05, 3.63) is 29.8 Å². The Labute approximate surface area is 113 Å². The first kappa shape index (κ1) is 13.7. The number of rotatable bonds is 4. The van der Waals surface area contributed by atoms with Gasteiger partial charge in [-0.3, -0.25) is 4.99 Å². The van der Waals surface area contributed by atoms with Crippen LogP contribution in [0.1, 0.15) is 24.9 Å². The molecular formula is C14H21N3O2. The SMILES string of the molecule is COC(C)CN=C(N)NC1CCOc2ccccc21. The number of nitrogens with two attached hydrogens (primary N) is 1. The molecule has 1 aromatic carbocycles. The quantitative estimate of drug-likeness (QED) is 0.637. The van der Waals surface area contributed by atoms with Crippen LogP contribution in [0.3, 0.4) is 0 Å². The summed E-state index contributed by atoms with van der Waals surface area (Å²) in [6.07, 6.45) is 0.954. The molecule has 0 spiro atoms. The van der Waals surface area contributed by atoms with Crippen LogP contribution in [0, 0.1) is 0 Å². The van der Waals surface area contributed by atoms with E-state index in [0.29, 0.717) is 19.1 Å². The molecule has 1 aliphatic heterocycles. The summed E-state index contributed by atoms with van der Waals surface area (Å²) in [6, 6.07) is 8.16. The van der Waals surface area contributed by atoms with Crippen molar-refractivity contribution in [1.82, 2.24) is 5.32 Å². The highest BCUT2D eigenvalue weighted by Crippen LogP contribution is 2.31. The number of para-hydroxylation sites is 1. The molecule has 19 heavy (non-hydrogen) atoms. The first-order chi connectivity index (χ1) is 9.20. The summed E-state index contributed by atoms with van der Waals surface area (Å²) >= 11 is 0. The number of methoxy groups -OCH3 is 1. The third-order valence-corrected chi connectivity index (χ3v) is 3.20. The van der Waals surface area contributed by atoms with Gasteiger partial charge < -0.3 is 20.5 Å². The number of hydrogen-bond donors (Lipinski definition) is 2. The van der Waals surface area contributed by atoms with E-state index in [2.05, 4.69) is 16.4 Å². The Morgan fingerprint density at radius 3 is 3.16 bits per heavy atom. The number of ether oxygens (including phenoxy) is 2. The van der Waals surface area contributed by atoms with Crippen molar-refractivity contribution in [2.45, 2.75) is 25.5 Å². The van der Waals surface area contributed by atoms with E-state index >= 15 is 0 Å². The van der Waals surface area contributed by atoms with Crippen molar-refractivity contribution in [2.75, 3.05) is 20.3 Å². The number of nitrogens with one attached hydrogen (secondary N) is 1. The Kier molecular flexibility index (Phi) is 4.63. The van der Waals surface area contributed by atoms with Crippen LogP contribution < -0.4 is 15.8 Å². The number of benzene rings is 1. The molecule has 0 saturated carbocycles. The molecule has 0 aliphatic carbocycles. The van der Waals surface area contributed by atoms with Crippen molar-refractivity contribution >= 4 is 5.96 Å². The number of guanidine groups is 1. The molecule has 1 aromatic rings. The summed E-state index contributed by atoms with van der Waals surface area (Å²) in [7, 11) is 1.67. The Bertz CT molecular complexity index is 448. The number of aliphatic imine (C=N–C) groups is 1. The van der Waals surface area contributed by atoms with Crippen molar-refractivity contribution in [2.24, 2.45) is 10.7 Å². The van der Waals surface area contributed by atoms with Gasteiger partial charge in [0.25, 0.3) is 0 Å². The maximum Gasteiger partial charge on any atom is 0.189 e. The topological polar surface area (TPSA) is 68.9 Å². The minimum Gasteiger partial charge on any atom is -0.493 e. The van der Waals surface area contributed by atoms with Crippen molar-refractivity contribution in [1.29, 1.82) is 0 Å². The Balaban J connectivity index is 2.00. The normalized spacial score (nSPS) is 20.3. The molecule has 0 aromatic heterocycles. The van der Waals surface area contributed by atoms with Crippen LogP contribution in [0.25, 0.3) is 0 Å². The van der Waals surface area contributed by atoms with Gasteiger partial charge in [0.1, 0.15) is 5.75 Å². The fourth-order valence-electron chi connectivity index (χ4n) is 2.02. The Morgan fingerprint density at radius 2 is 2.37 bits per heavy atom. The van der Waals surface area contributed by atoms with Gasteiger partial charge in [0.2, 0.25) is 0 Å². The summed E-state index contributed by atoms with van der Waals surface area (Å²) in [5, 5.41) is 3.25. The molecule has 1 aliphatic rings. The van der Waals surface area contributed by atoms with Gasteiger partial charge in [0.15, 0.2) is 5.96 Å². The highest BCUT2D eigenvalue weighted by Gasteiger charge is 2.21. The van der Waals surface area contributed by atoms with E-state index in [4.69, 9.17) is 15.2 Å². The lowest BCUT2D eigenvalue weighted by Gasteiger charge is -2.27. The van der Waals surface area contributed by atoms with Gasteiger partial charge in [-0.2, -0.15) is 0 Å². The fourth-order valence-corrected chi connectivity index (χ4v) is 2.02. The predicted molar refractivity (Wildman–Crippen MR) is 75.4 cm³/mol. The van der Waals surface area contributed by atoms with Crippen LogP contribution in [0.15, 0.2) is 29.3 Å². The van der Waals surface area contributed by atoms with Gasteiger partial charge >= 0.3 is 0 Å². The molecule has 5 heteroatoms. The lowest BCUT2D eigenvalue weighted by atomic mass is 10.0. The first-order valence-corrected chi connectivity index (χ1v) is 6.51. The molecule has 0 radical (unpaired) electrons. The van der Waals surface area contributed by atoms with Gasteiger partial charge in [0.05, 0.1) is 25.3 Å². The van der Waals surface area contributed by atoms with E-state index in [1.807, 2.05) is 25.1 Å². The Morgan fingerprint density at radius 1 is 1.58 bits per heavy atom. The van der Waals surface area contributed by atoms with E-state index in [1.54, 1.807) is 7.11 Å². The van der Waals surface area contributed by atoms with E-state index in [0.717, 1.165) is 17.7 Å². The highest BCUT2D eigenvalue weighted by atomic mass is 16.5. The zero-order valence-electron chi connectivity index (χ0n) is 11.4. The van der Waals surface area contributed by atoms with Crippen LogP contribution in [-0.2, 0) is 4.74 Å². The van der Waals surface area contributed by atoms with E-state index < -0.39 is 0 Å². The molecule has 2 unspecified atom stereocenters. The molecule has 0 amide bonds. The second-order valence-corrected chi connectivity index (χ2v) is 4.64. The average molecular weight is 263 g/mol. The summed E-state index contributed by atoms with van der Waals surface area (Å²) in [5.74, 6) is 1.37. The largest absolute Gasteiger partial charge is 0.493 e. The van der Waals surface area contributed by atoms with Crippen molar-refractivity contribution < 1.29 is 9.47 Å². The van der Waals surface area contributed by atoms with Gasteiger partial charge in [-0.15, -0.1) is 0 Å². The van der Waals surface area contributed by atoms with E-state index in [1.165, 1.54) is 0 Å². The third-order valence-electron chi connectivity index (χ3n) is 3.20. The second kappa shape index (κ2) is 6.43. The maximum absolute atomic E-state index is 5.91. The fraction of sp³-hybridized carbons (Fsp3) is 0.500. The maximum atomic E-state index is 5.91. The molecule has 3 N–H and O–H groups in total. The van der Waals surface area contributed by atoms with Crippen LogP contribution in [0.2, 0.25) is 0 Å². The van der Waals surface area contributed by atoms with Gasteiger partial charge in [-0.1, -0.05) is 18.2 Å². The van der Waals surface area contributed by atoms with Gasteiger partial charge in [-0.05, 0) is 13.0 Å². The zero-order chi connectivity index (χ0) is 13.7.